The van der Waals surface area contributed by atoms with E-state index in [9.17, 15) is 19.5 Å². The average Bonchev–Trinajstić information content (AvgIpc) is 3.03. The monoisotopic (exact) mass is 605 g/mol. The third-order valence-electron chi connectivity index (χ3n) is 9.02. The van der Waals surface area contributed by atoms with Crippen molar-refractivity contribution < 1.29 is 19.5 Å². The van der Waals surface area contributed by atoms with Crippen molar-refractivity contribution in [2.24, 2.45) is 23.5 Å². The lowest BCUT2D eigenvalue weighted by Gasteiger charge is -2.31. The molecule has 1 aliphatic carbocycles. The van der Waals surface area contributed by atoms with Gasteiger partial charge >= 0.3 is 0 Å². The van der Waals surface area contributed by atoms with Crippen LogP contribution in [0.2, 0.25) is 0 Å². The van der Waals surface area contributed by atoms with Crippen LogP contribution in [0.25, 0.3) is 0 Å². The molecule has 1 aliphatic rings. The van der Waals surface area contributed by atoms with Crippen LogP contribution in [0.5, 0.6) is 0 Å². The summed E-state index contributed by atoms with van der Waals surface area (Å²) in [6.07, 6.45) is 20.6. The molecular formula is C37H55N3O4. The molecule has 0 spiro atoms. The van der Waals surface area contributed by atoms with E-state index in [4.69, 9.17) is 18.6 Å². The number of hydrogen-bond donors (Lipinski definition) is 3. The van der Waals surface area contributed by atoms with Gasteiger partial charge in [-0.25, -0.2) is 0 Å². The Morgan fingerprint density at radius 1 is 1.00 bits per heavy atom. The highest BCUT2D eigenvalue weighted by atomic mass is 16.3. The third kappa shape index (κ3) is 13.2. The number of rotatable bonds is 20. The van der Waals surface area contributed by atoms with Crippen LogP contribution in [-0.2, 0) is 20.8 Å². The van der Waals surface area contributed by atoms with Crippen molar-refractivity contribution in [3.8, 4) is 24.7 Å². The lowest BCUT2D eigenvalue weighted by Crippen LogP contribution is -2.47. The zero-order valence-electron chi connectivity index (χ0n) is 27.0. The van der Waals surface area contributed by atoms with Crippen LogP contribution in [0.1, 0.15) is 102 Å². The molecule has 0 aliphatic heterocycles. The molecule has 44 heavy (non-hydrogen) atoms. The van der Waals surface area contributed by atoms with E-state index in [2.05, 4.69) is 17.2 Å². The molecule has 2 rings (SSSR count). The minimum atomic E-state index is -0.812. The number of amides is 2. The van der Waals surface area contributed by atoms with Gasteiger partial charge in [0.1, 0.15) is 0 Å². The third-order valence-corrected chi connectivity index (χ3v) is 9.02. The molecule has 4 N–H and O–H groups in total. The molecule has 0 aromatic heterocycles. The molecule has 1 aromatic rings. The summed E-state index contributed by atoms with van der Waals surface area (Å²) in [5, 5.41) is 14.1. The average molecular weight is 606 g/mol. The Labute approximate surface area is 266 Å². The number of nitrogens with two attached hydrogens (primary N) is 1. The number of carbonyl (C=O) groups excluding carboxylic acids is 3. The number of Topliss-reactive ketones (excluding diaryl/α,β-unsaturated/α-hetero) is 1. The molecule has 0 bridgehead atoms. The highest BCUT2D eigenvalue weighted by molar-refractivity contribution is 5.90. The molecule has 3 unspecified atom stereocenters. The van der Waals surface area contributed by atoms with Crippen molar-refractivity contribution in [2.75, 3.05) is 13.6 Å². The lowest BCUT2D eigenvalue weighted by molar-refractivity contribution is -0.135. The van der Waals surface area contributed by atoms with Gasteiger partial charge in [-0.05, 0) is 56.4 Å². The molecule has 0 radical (unpaired) electrons. The van der Waals surface area contributed by atoms with Crippen LogP contribution in [0.15, 0.2) is 30.3 Å². The second-order valence-electron chi connectivity index (χ2n) is 12.6. The summed E-state index contributed by atoms with van der Waals surface area (Å²) >= 11 is 0. The van der Waals surface area contributed by atoms with Gasteiger partial charge in [-0.1, -0.05) is 69.4 Å². The molecule has 5 atom stereocenters. The molecule has 1 saturated carbocycles. The molecule has 0 saturated heterocycles. The van der Waals surface area contributed by atoms with Gasteiger partial charge in [0.15, 0.2) is 5.78 Å². The van der Waals surface area contributed by atoms with E-state index < -0.39 is 24.0 Å². The predicted molar refractivity (Wildman–Crippen MR) is 177 cm³/mol. The Morgan fingerprint density at radius 3 is 2.30 bits per heavy atom. The lowest BCUT2D eigenvalue weighted by atomic mass is 9.82. The Hall–Kier alpha value is -3.13. The maximum atomic E-state index is 13.7. The molecule has 2 amide bonds. The fourth-order valence-electron chi connectivity index (χ4n) is 6.32. The van der Waals surface area contributed by atoms with Crippen LogP contribution in [0, 0.1) is 42.4 Å². The topological polar surface area (TPSA) is 113 Å². The molecule has 1 aromatic carbocycles. The number of ketones is 1. The fourth-order valence-corrected chi connectivity index (χ4v) is 6.32. The summed E-state index contributed by atoms with van der Waals surface area (Å²) in [6.45, 7) is 2.64. The van der Waals surface area contributed by atoms with E-state index >= 15 is 0 Å². The first kappa shape index (κ1) is 37.1. The maximum absolute atomic E-state index is 13.7. The van der Waals surface area contributed by atoms with Gasteiger partial charge in [0.05, 0.1) is 18.2 Å². The van der Waals surface area contributed by atoms with Gasteiger partial charge < -0.3 is 21.1 Å². The van der Waals surface area contributed by atoms with Crippen LogP contribution in [0.3, 0.4) is 0 Å². The van der Waals surface area contributed by atoms with E-state index in [0.717, 1.165) is 31.2 Å². The van der Waals surface area contributed by atoms with E-state index in [-0.39, 0.29) is 30.1 Å². The number of hydrogen-bond acceptors (Lipinski definition) is 5. The molecule has 1 fully saturated rings. The smallest absolute Gasteiger partial charge is 0.223 e. The second kappa shape index (κ2) is 20.8. The summed E-state index contributed by atoms with van der Waals surface area (Å²) < 4.78 is 0. The van der Waals surface area contributed by atoms with Crippen LogP contribution >= 0.6 is 0 Å². The number of terminal acetylenes is 2. The zero-order chi connectivity index (χ0) is 32.3. The predicted octanol–water partition coefficient (Wildman–Crippen LogP) is 5.04. The van der Waals surface area contributed by atoms with Crippen LogP contribution in [0.4, 0.5) is 0 Å². The Morgan fingerprint density at radius 2 is 1.66 bits per heavy atom. The van der Waals surface area contributed by atoms with Crippen molar-refractivity contribution in [3.05, 3.63) is 35.9 Å². The van der Waals surface area contributed by atoms with Crippen molar-refractivity contribution in [1.29, 1.82) is 0 Å². The van der Waals surface area contributed by atoms with Crippen molar-refractivity contribution in [2.45, 2.75) is 121 Å². The van der Waals surface area contributed by atoms with Crippen LogP contribution in [-0.4, -0.2) is 59.4 Å². The summed E-state index contributed by atoms with van der Waals surface area (Å²) in [7, 11) is 1.76. The molecule has 0 heterocycles. The Kier molecular flexibility index (Phi) is 17.5. The van der Waals surface area contributed by atoms with E-state index in [1.54, 1.807) is 11.9 Å². The standard InChI is InChI=1S/C37H55N3O4/c1-5-8-20-30(37(44)39-33(34(41)21-9-6-2)26-29-18-14-11-15-19-29)22-23-32(38)36(43)31(25-28-16-12-10-13-17-28)27-35(42)40(4)24-7-3/h1-2,10,12-13,16-17,29-34,41H,7-9,11,14-15,18-27,38H2,3-4H3,(H,39,44)/t30-,31?,32?,33?,34+/m1/s1. The van der Waals surface area contributed by atoms with E-state index in [1.165, 1.54) is 19.3 Å². The first-order valence-corrected chi connectivity index (χ1v) is 16.6. The van der Waals surface area contributed by atoms with Gasteiger partial charge in [-0.3, -0.25) is 14.4 Å². The number of aliphatic hydroxyl groups excluding tert-OH is 1. The molecular weight excluding hydrogens is 550 g/mol. The van der Waals surface area contributed by atoms with Gasteiger partial charge in [0, 0.05) is 44.7 Å². The number of carbonyl (C=O) groups is 3. The first-order chi connectivity index (χ1) is 21.2. The molecule has 7 heteroatoms. The fraction of sp³-hybridized carbons (Fsp3) is 0.649. The number of nitrogens with zero attached hydrogens (tertiary/aromatic N) is 1. The maximum Gasteiger partial charge on any atom is 0.223 e. The highest BCUT2D eigenvalue weighted by Gasteiger charge is 2.31. The zero-order valence-corrected chi connectivity index (χ0v) is 27.0. The quantitative estimate of drug-likeness (QED) is 0.180. The summed E-state index contributed by atoms with van der Waals surface area (Å²) in [5.74, 6) is 4.28. The molecule has 242 valence electrons. The minimum Gasteiger partial charge on any atom is -0.391 e. The number of nitrogens with one attached hydrogen (secondary N) is 1. The van der Waals surface area contributed by atoms with Crippen molar-refractivity contribution >= 4 is 17.6 Å². The summed E-state index contributed by atoms with van der Waals surface area (Å²) in [6, 6.07) is 8.46. The normalized spacial score (nSPS) is 16.9. The minimum absolute atomic E-state index is 0.0768. The van der Waals surface area contributed by atoms with Gasteiger partial charge in [0.2, 0.25) is 11.8 Å². The molecule has 7 nitrogen and oxygen atoms in total. The second-order valence-corrected chi connectivity index (χ2v) is 12.6. The first-order valence-electron chi connectivity index (χ1n) is 16.6. The number of benzene rings is 1. The number of aliphatic hydroxyl groups is 1. The van der Waals surface area contributed by atoms with E-state index in [1.807, 2.05) is 37.3 Å². The Bertz CT molecular complexity index is 1090. The highest BCUT2D eigenvalue weighted by Crippen LogP contribution is 2.29. The summed E-state index contributed by atoms with van der Waals surface area (Å²) in [5.41, 5.74) is 7.46. The SMILES string of the molecule is C#CCC[C@H](CCC(N)C(=O)C(CC(=O)N(C)CCC)Cc1ccccc1)C(=O)NC(CC1CCCCC1)[C@@H](O)CCC#C. The van der Waals surface area contributed by atoms with Gasteiger partial charge in [0.25, 0.3) is 0 Å². The summed E-state index contributed by atoms with van der Waals surface area (Å²) in [4.78, 5) is 41.9. The largest absolute Gasteiger partial charge is 0.391 e. The van der Waals surface area contributed by atoms with Crippen LogP contribution < -0.4 is 11.1 Å². The van der Waals surface area contributed by atoms with Crippen molar-refractivity contribution in [1.82, 2.24) is 10.2 Å². The Balaban J connectivity index is 2.12. The van der Waals surface area contributed by atoms with Gasteiger partial charge in [-0.2, -0.15) is 0 Å². The van der Waals surface area contributed by atoms with Crippen molar-refractivity contribution in [3.63, 3.8) is 0 Å². The van der Waals surface area contributed by atoms with E-state index in [0.29, 0.717) is 57.4 Å². The van der Waals surface area contributed by atoms with Gasteiger partial charge in [-0.15, -0.1) is 24.7 Å².